The highest BCUT2D eigenvalue weighted by Crippen LogP contribution is 2.32. The van der Waals surface area contributed by atoms with Crippen LogP contribution in [0.4, 0.5) is 5.69 Å². The molecule has 1 aromatic heterocycles. The fourth-order valence-electron chi connectivity index (χ4n) is 3.63. The third-order valence-corrected chi connectivity index (χ3v) is 5.17. The summed E-state index contributed by atoms with van der Waals surface area (Å²) in [5.41, 5.74) is 10.5. The van der Waals surface area contributed by atoms with Gasteiger partial charge in [0.15, 0.2) is 5.82 Å². The molecule has 0 amide bonds. The van der Waals surface area contributed by atoms with E-state index in [1.807, 2.05) is 62.6 Å². The largest absolute Gasteiger partial charge is 0.493 e. The highest BCUT2D eigenvalue weighted by molar-refractivity contribution is 5.71. The van der Waals surface area contributed by atoms with Gasteiger partial charge in [-0.25, -0.2) is 9.97 Å². The minimum Gasteiger partial charge on any atom is -0.493 e. The molecule has 0 aliphatic carbocycles. The number of esters is 1. The van der Waals surface area contributed by atoms with Gasteiger partial charge < -0.3 is 19.9 Å². The molecule has 0 spiro atoms. The predicted octanol–water partition coefficient (Wildman–Crippen LogP) is 5.46. The molecule has 1 heterocycles. The Kier molecular flexibility index (Phi) is 8.85. The highest BCUT2D eigenvalue weighted by atomic mass is 16.5. The van der Waals surface area contributed by atoms with Crippen molar-refractivity contribution >= 4 is 11.7 Å². The number of rotatable bonds is 11. The van der Waals surface area contributed by atoms with Crippen LogP contribution in [0.3, 0.4) is 0 Å². The van der Waals surface area contributed by atoms with Gasteiger partial charge >= 0.3 is 5.97 Å². The number of nitrogens with two attached hydrogens (primary N) is 1. The highest BCUT2D eigenvalue weighted by Gasteiger charge is 2.13. The second kappa shape index (κ2) is 12.0. The third kappa shape index (κ3) is 6.47. The smallest absolute Gasteiger partial charge is 0.305 e. The van der Waals surface area contributed by atoms with Crippen molar-refractivity contribution in [3.8, 4) is 34.0 Å². The average Bonchev–Trinajstić information content (AvgIpc) is 2.83. The zero-order valence-electron chi connectivity index (χ0n) is 20.3. The number of carbonyl (C=O) groups is 1. The molecule has 3 aromatic rings. The molecule has 0 saturated carbocycles. The van der Waals surface area contributed by atoms with Crippen LogP contribution in [0.5, 0.6) is 11.5 Å². The van der Waals surface area contributed by atoms with Gasteiger partial charge in [0.1, 0.15) is 11.5 Å². The van der Waals surface area contributed by atoms with E-state index in [0.29, 0.717) is 43.3 Å². The summed E-state index contributed by atoms with van der Waals surface area (Å²) in [6.45, 7) is 8.66. The Labute approximate surface area is 201 Å². The van der Waals surface area contributed by atoms with E-state index < -0.39 is 0 Å². The summed E-state index contributed by atoms with van der Waals surface area (Å²) in [6, 6.07) is 11.5. The zero-order chi connectivity index (χ0) is 24.5. The molecule has 0 aliphatic heterocycles. The first-order chi connectivity index (χ1) is 16.4. The Morgan fingerprint density at radius 1 is 1.03 bits per heavy atom. The van der Waals surface area contributed by atoms with Crippen molar-refractivity contribution in [2.45, 2.75) is 53.1 Å². The summed E-state index contributed by atoms with van der Waals surface area (Å²) in [5, 5.41) is 0. The van der Waals surface area contributed by atoms with Crippen LogP contribution in [0.1, 0.15) is 46.1 Å². The molecule has 34 heavy (non-hydrogen) atoms. The second-order valence-electron chi connectivity index (χ2n) is 8.11. The van der Waals surface area contributed by atoms with Gasteiger partial charge in [0.25, 0.3) is 0 Å². The van der Waals surface area contributed by atoms with Gasteiger partial charge in [0.2, 0.25) is 0 Å². The van der Waals surface area contributed by atoms with E-state index in [2.05, 4.69) is 16.9 Å². The number of hydrogen-bond donors (Lipinski definition) is 1. The molecule has 0 fully saturated rings. The van der Waals surface area contributed by atoms with Gasteiger partial charge in [0.05, 0.1) is 25.0 Å². The van der Waals surface area contributed by atoms with Gasteiger partial charge in [-0.05, 0) is 63.4 Å². The number of nitrogens with zero attached hydrogens (tertiary/aromatic N) is 2. The summed E-state index contributed by atoms with van der Waals surface area (Å²) in [7, 11) is 0. The fraction of sp³-hybridized carbons (Fsp3) is 0.370. The lowest BCUT2D eigenvalue weighted by Crippen LogP contribution is -2.07. The van der Waals surface area contributed by atoms with Crippen LogP contribution in [0.2, 0.25) is 0 Å². The fourth-order valence-corrected chi connectivity index (χ4v) is 3.63. The van der Waals surface area contributed by atoms with E-state index in [1.54, 1.807) is 6.92 Å². The Morgan fingerprint density at radius 3 is 2.44 bits per heavy atom. The molecule has 0 bridgehead atoms. The van der Waals surface area contributed by atoms with Crippen molar-refractivity contribution in [3.63, 3.8) is 0 Å². The lowest BCUT2D eigenvalue weighted by Gasteiger charge is -2.15. The minimum atomic E-state index is -0.198. The van der Waals surface area contributed by atoms with E-state index in [-0.39, 0.29) is 12.1 Å². The molecule has 0 radical (unpaired) electrons. The van der Waals surface area contributed by atoms with E-state index in [0.717, 1.165) is 34.4 Å². The molecule has 0 atom stereocenters. The molecule has 7 heteroatoms. The maximum atomic E-state index is 11.5. The number of anilines is 1. The molecule has 0 saturated heterocycles. The van der Waals surface area contributed by atoms with Crippen molar-refractivity contribution in [3.05, 3.63) is 54.4 Å². The minimum absolute atomic E-state index is 0.0498. The van der Waals surface area contributed by atoms with E-state index >= 15 is 0 Å². The van der Waals surface area contributed by atoms with Crippen molar-refractivity contribution in [2.24, 2.45) is 0 Å². The lowest BCUT2D eigenvalue weighted by molar-refractivity contribution is -0.143. The Balaban J connectivity index is 1.74. The van der Waals surface area contributed by atoms with E-state index in [9.17, 15) is 4.79 Å². The third-order valence-electron chi connectivity index (χ3n) is 5.17. The first-order valence-corrected chi connectivity index (χ1v) is 11.7. The zero-order valence-corrected chi connectivity index (χ0v) is 20.3. The summed E-state index contributed by atoms with van der Waals surface area (Å²) in [6.07, 6.45) is 5.42. The Hall–Kier alpha value is -3.61. The topological polar surface area (TPSA) is 96.6 Å². The van der Waals surface area contributed by atoms with Crippen LogP contribution >= 0.6 is 0 Å². The monoisotopic (exact) mass is 463 g/mol. The van der Waals surface area contributed by atoms with E-state index in [1.165, 1.54) is 0 Å². The second-order valence-corrected chi connectivity index (χ2v) is 8.11. The number of carbonyl (C=O) groups excluding carboxylic acids is 1. The van der Waals surface area contributed by atoms with E-state index in [4.69, 9.17) is 19.9 Å². The van der Waals surface area contributed by atoms with Crippen LogP contribution in [0.25, 0.3) is 22.5 Å². The first-order valence-electron chi connectivity index (χ1n) is 11.7. The maximum absolute atomic E-state index is 11.5. The number of hydrogen-bond acceptors (Lipinski definition) is 7. The molecule has 0 unspecified atom stereocenters. The molecule has 0 aliphatic rings. The molecular formula is C27H33N3O4. The Morgan fingerprint density at radius 2 is 1.79 bits per heavy atom. The maximum Gasteiger partial charge on any atom is 0.305 e. The van der Waals surface area contributed by atoms with Gasteiger partial charge in [-0.3, -0.25) is 4.79 Å². The number of benzene rings is 2. The van der Waals surface area contributed by atoms with Crippen LogP contribution in [-0.4, -0.2) is 35.3 Å². The quantitative estimate of drug-likeness (QED) is 0.229. The summed E-state index contributed by atoms with van der Waals surface area (Å²) in [4.78, 5) is 20.7. The van der Waals surface area contributed by atoms with Crippen LogP contribution < -0.4 is 15.2 Å². The first kappa shape index (κ1) is 25.0. The van der Waals surface area contributed by atoms with Crippen LogP contribution in [0, 0.1) is 0 Å². The summed E-state index contributed by atoms with van der Waals surface area (Å²) >= 11 is 0. The predicted molar refractivity (Wildman–Crippen MR) is 134 cm³/mol. The molecule has 2 aromatic carbocycles. The van der Waals surface area contributed by atoms with Crippen molar-refractivity contribution in [1.29, 1.82) is 0 Å². The molecule has 2 N–H and O–H groups in total. The molecular weight excluding hydrogens is 430 g/mol. The summed E-state index contributed by atoms with van der Waals surface area (Å²) in [5.74, 6) is 1.86. The van der Waals surface area contributed by atoms with Crippen LogP contribution in [0.15, 0.2) is 48.8 Å². The number of aromatic nitrogens is 2. The van der Waals surface area contributed by atoms with Crippen molar-refractivity contribution in [2.75, 3.05) is 18.9 Å². The van der Waals surface area contributed by atoms with Crippen molar-refractivity contribution in [1.82, 2.24) is 9.97 Å². The lowest BCUT2D eigenvalue weighted by atomic mass is 9.99. The normalized spacial score (nSPS) is 10.9. The number of nitrogen functional groups attached to an aromatic ring is 1. The Bertz CT molecular complexity index is 1100. The van der Waals surface area contributed by atoms with Crippen LogP contribution in [-0.2, 0) is 16.0 Å². The number of ether oxygens (including phenoxy) is 3. The molecule has 180 valence electrons. The molecule has 3 rings (SSSR count). The van der Waals surface area contributed by atoms with Gasteiger partial charge in [-0.1, -0.05) is 19.1 Å². The summed E-state index contributed by atoms with van der Waals surface area (Å²) < 4.78 is 16.7. The van der Waals surface area contributed by atoms with Gasteiger partial charge in [-0.2, -0.15) is 0 Å². The molecule has 7 nitrogen and oxygen atoms in total. The van der Waals surface area contributed by atoms with Gasteiger partial charge in [-0.15, -0.1) is 0 Å². The SMILES string of the molecule is CCOC(=O)CCCOc1cccc(-c2cnc(-c3ccc(OC(C)C)c(N)c3)nc2)c1CC. The average molecular weight is 464 g/mol. The standard InChI is InChI=1S/C27H33N3O4/c1-5-21-22(9-7-10-24(21)33-14-8-11-26(31)32-6-2)20-16-29-27(30-17-20)19-12-13-25(23(28)15-19)34-18(3)4/h7,9-10,12-13,15-18H,5-6,8,11,14,28H2,1-4H3. The van der Waals surface area contributed by atoms with Crippen molar-refractivity contribution < 1.29 is 19.0 Å². The van der Waals surface area contributed by atoms with Gasteiger partial charge in [0, 0.05) is 35.5 Å².